The van der Waals surface area contributed by atoms with E-state index in [1.165, 1.54) is 0 Å². The molecular formula is C23H29F3N4O5S. The Bertz CT molecular complexity index is 1130. The van der Waals surface area contributed by atoms with Crippen molar-refractivity contribution < 1.29 is 36.2 Å². The Morgan fingerprint density at radius 1 is 1.14 bits per heavy atom. The molecule has 3 heterocycles. The summed E-state index contributed by atoms with van der Waals surface area (Å²) < 4.78 is 66.9. The maximum absolute atomic E-state index is 13.6. The lowest BCUT2D eigenvalue weighted by atomic mass is 10.0. The maximum Gasteiger partial charge on any atom is 0.490 e. The molecule has 36 heavy (non-hydrogen) atoms. The van der Waals surface area contributed by atoms with Gasteiger partial charge in [0.05, 0.1) is 6.04 Å². The van der Waals surface area contributed by atoms with Gasteiger partial charge in [-0.15, -0.1) is 0 Å². The summed E-state index contributed by atoms with van der Waals surface area (Å²) >= 11 is 0. The molecule has 2 aromatic rings. The lowest BCUT2D eigenvalue weighted by molar-refractivity contribution is -0.192. The molecule has 1 N–H and O–H groups in total. The van der Waals surface area contributed by atoms with Gasteiger partial charge >= 0.3 is 12.1 Å². The summed E-state index contributed by atoms with van der Waals surface area (Å²) in [5.74, 6) is -1.20. The molecule has 1 aromatic heterocycles. The van der Waals surface area contributed by atoms with Crippen molar-refractivity contribution >= 4 is 21.9 Å². The van der Waals surface area contributed by atoms with Crippen molar-refractivity contribution in [3.63, 3.8) is 0 Å². The number of aliphatic carboxylic acids is 1. The van der Waals surface area contributed by atoms with E-state index in [0.717, 1.165) is 13.0 Å². The zero-order chi connectivity index (χ0) is 26.5. The van der Waals surface area contributed by atoms with E-state index in [-0.39, 0.29) is 17.0 Å². The topological polar surface area (TPSA) is 113 Å². The highest BCUT2D eigenvalue weighted by molar-refractivity contribution is 7.89. The second-order valence-electron chi connectivity index (χ2n) is 8.88. The van der Waals surface area contributed by atoms with Crippen molar-refractivity contribution in [2.45, 2.75) is 56.3 Å². The van der Waals surface area contributed by atoms with Crippen LogP contribution in [0.2, 0.25) is 0 Å². The number of rotatable bonds is 4. The van der Waals surface area contributed by atoms with Crippen LogP contribution in [0.1, 0.15) is 33.1 Å². The minimum atomic E-state index is -5.08. The van der Waals surface area contributed by atoms with Crippen LogP contribution in [0.3, 0.4) is 0 Å². The first-order valence-electron chi connectivity index (χ1n) is 11.5. The number of hydrogen-bond donors (Lipinski definition) is 1. The summed E-state index contributed by atoms with van der Waals surface area (Å²) in [5.41, 5.74) is 0. The van der Waals surface area contributed by atoms with Gasteiger partial charge in [-0.2, -0.15) is 17.5 Å². The quantitative estimate of drug-likeness (QED) is 0.639. The second kappa shape index (κ2) is 11.4. The van der Waals surface area contributed by atoms with Crippen LogP contribution in [-0.4, -0.2) is 71.7 Å². The number of sulfonamides is 1. The minimum Gasteiger partial charge on any atom is -0.487 e. The van der Waals surface area contributed by atoms with Gasteiger partial charge in [0.2, 0.25) is 16.0 Å². The lowest BCUT2D eigenvalue weighted by Crippen LogP contribution is -2.47. The van der Waals surface area contributed by atoms with E-state index in [1.807, 2.05) is 6.07 Å². The van der Waals surface area contributed by atoms with Gasteiger partial charge in [0.1, 0.15) is 16.7 Å². The van der Waals surface area contributed by atoms with Gasteiger partial charge in [0.25, 0.3) is 0 Å². The number of halogens is 3. The molecule has 0 spiro atoms. The molecule has 9 nitrogen and oxygen atoms in total. The van der Waals surface area contributed by atoms with Crippen molar-refractivity contribution in [3.05, 3.63) is 42.7 Å². The third-order valence-electron chi connectivity index (χ3n) is 5.90. The van der Waals surface area contributed by atoms with Crippen LogP contribution in [0, 0.1) is 5.92 Å². The summed E-state index contributed by atoms with van der Waals surface area (Å²) in [6.07, 6.45) is 0.388. The number of aromatic nitrogens is 2. The van der Waals surface area contributed by atoms with Crippen LogP contribution in [0.25, 0.3) is 0 Å². The van der Waals surface area contributed by atoms with Crippen molar-refractivity contribution in [1.82, 2.24) is 14.3 Å². The fraction of sp³-hybridized carbons (Fsp3) is 0.522. The molecule has 2 aliphatic rings. The highest BCUT2D eigenvalue weighted by Gasteiger charge is 2.43. The van der Waals surface area contributed by atoms with Gasteiger partial charge in [0.15, 0.2) is 0 Å². The summed E-state index contributed by atoms with van der Waals surface area (Å²) in [4.78, 5) is 20.0. The molecule has 2 aliphatic heterocycles. The van der Waals surface area contributed by atoms with Crippen LogP contribution in [0.15, 0.2) is 47.6 Å². The molecule has 0 saturated carbocycles. The van der Waals surface area contributed by atoms with Crippen molar-refractivity contribution in [3.8, 4) is 5.75 Å². The van der Waals surface area contributed by atoms with Crippen LogP contribution >= 0.6 is 0 Å². The van der Waals surface area contributed by atoms with Crippen LogP contribution in [0.5, 0.6) is 5.75 Å². The SMILES string of the molecule is CC(C)CCN1[C@H]2CCN(c3ncccn3)CC[C@@H]2Oc2ccccc2S1(=O)=O.O=C(O)C(F)(F)F. The summed E-state index contributed by atoms with van der Waals surface area (Å²) in [7, 11) is -3.63. The number of hydrogen-bond acceptors (Lipinski definition) is 7. The Morgan fingerprint density at radius 2 is 1.75 bits per heavy atom. The van der Waals surface area contributed by atoms with E-state index in [9.17, 15) is 21.6 Å². The Morgan fingerprint density at radius 3 is 2.36 bits per heavy atom. The fourth-order valence-corrected chi connectivity index (χ4v) is 5.90. The van der Waals surface area contributed by atoms with E-state index >= 15 is 0 Å². The molecule has 198 valence electrons. The molecule has 2 atom stereocenters. The number of nitrogens with zero attached hydrogens (tertiary/aromatic N) is 4. The molecule has 13 heteroatoms. The fourth-order valence-electron chi connectivity index (χ4n) is 4.08. The molecule has 0 aliphatic carbocycles. The standard InChI is InChI=1S/C21H28N4O3S.C2HF3O2/c1-16(2)8-15-25-17-9-13-24(21-22-11-5-12-23-21)14-10-18(17)28-19-6-3-4-7-20(19)29(25,26)27;3-2(4,5)1(6)7/h3-7,11-12,16-18H,8-10,13-15H2,1-2H3;(H,6,7)/t17-,18-;/m0./s1. The normalized spacial score (nSPS) is 21.7. The Balaban J connectivity index is 0.000000454. The first-order chi connectivity index (χ1) is 16.9. The zero-order valence-corrected chi connectivity index (χ0v) is 20.7. The Hall–Kier alpha value is -2.93. The smallest absolute Gasteiger partial charge is 0.487 e. The number of para-hydroxylation sites is 1. The van der Waals surface area contributed by atoms with Crippen molar-refractivity contribution in [2.24, 2.45) is 5.92 Å². The number of carboxylic acid groups (broad SMARTS) is 1. The summed E-state index contributed by atoms with van der Waals surface area (Å²) in [5, 5.41) is 7.12. The van der Waals surface area contributed by atoms with Crippen molar-refractivity contribution in [1.29, 1.82) is 0 Å². The van der Waals surface area contributed by atoms with E-state index in [0.29, 0.717) is 43.5 Å². The van der Waals surface area contributed by atoms with Crippen molar-refractivity contribution in [2.75, 3.05) is 24.5 Å². The minimum absolute atomic E-state index is 0.200. The Labute approximate surface area is 208 Å². The van der Waals surface area contributed by atoms with Gasteiger partial charge in [-0.05, 0) is 37.0 Å². The molecule has 4 rings (SSSR count). The molecule has 1 saturated heterocycles. The molecule has 0 radical (unpaired) electrons. The first kappa shape index (κ1) is 27.7. The van der Waals surface area contributed by atoms with E-state index in [1.54, 1.807) is 41.0 Å². The summed E-state index contributed by atoms with van der Waals surface area (Å²) in [6, 6.07) is 8.59. The highest BCUT2D eigenvalue weighted by Crippen LogP contribution is 2.37. The number of ether oxygens (including phenoxy) is 1. The highest BCUT2D eigenvalue weighted by atomic mass is 32.2. The van der Waals surface area contributed by atoms with Gasteiger partial charge in [-0.3, -0.25) is 0 Å². The number of benzene rings is 1. The first-order valence-corrected chi connectivity index (χ1v) is 12.9. The average Bonchev–Trinajstić information content (AvgIpc) is 3.06. The molecule has 0 unspecified atom stereocenters. The van der Waals surface area contributed by atoms with Gasteiger partial charge in [-0.25, -0.2) is 23.2 Å². The van der Waals surface area contributed by atoms with Gasteiger partial charge in [-0.1, -0.05) is 26.0 Å². The zero-order valence-electron chi connectivity index (χ0n) is 19.9. The number of anilines is 1. The number of fused-ring (bicyclic) bond motifs is 2. The predicted octanol–water partition coefficient (Wildman–Crippen LogP) is 3.58. The Kier molecular flexibility index (Phi) is 8.77. The largest absolute Gasteiger partial charge is 0.490 e. The third kappa shape index (κ3) is 6.64. The van der Waals surface area contributed by atoms with Gasteiger partial charge in [0, 0.05) is 38.4 Å². The van der Waals surface area contributed by atoms with Gasteiger partial charge < -0.3 is 14.7 Å². The number of alkyl halides is 3. The monoisotopic (exact) mass is 530 g/mol. The molecule has 0 bridgehead atoms. The van der Waals surface area contributed by atoms with Crippen LogP contribution < -0.4 is 9.64 Å². The third-order valence-corrected chi connectivity index (χ3v) is 7.86. The molecular weight excluding hydrogens is 501 g/mol. The summed E-state index contributed by atoms with van der Waals surface area (Å²) in [6.45, 7) is 6.16. The molecule has 0 amide bonds. The number of carboxylic acids is 1. The predicted molar refractivity (Wildman–Crippen MR) is 125 cm³/mol. The van der Waals surface area contributed by atoms with Crippen LogP contribution in [0.4, 0.5) is 19.1 Å². The second-order valence-corrected chi connectivity index (χ2v) is 10.7. The average molecular weight is 531 g/mol. The van der Waals surface area contributed by atoms with E-state index in [4.69, 9.17) is 14.6 Å². The molecule has 1 fully saturated rings. The molecule has 1 aromatic carbocycles. The number of carbonyl (C=O) groups is 1. The van der Waals surface area contributed by atoms with Crippen LogP contribution in [-0.2, 0) is 14.8 Å². The van der Waals surface area contributed by atoms with E-state index < -0.39 is 22.2 Å². The maximum atomic E-state index is 13.6. The van der Waals surface area contributed by atoms with E-state index in [2.05, 4.69) is 28.7 Å². The lowest BCUT2D eigenvalue weighted by Gasteiger charge is -2.32.